The molecule has 0 saturated carbocycles. The Morgan fingerprint density at radius 1 is 1.09 bits per heavy atom. The van der Waals surface area contributed by atoms with Crippen molar-refractivity contribution in [2.45, 2.75) is 29.1 Å². The molecule has 0 aliphatic rings. The molecule has 3 N–H and O–H groups in total. The molecule has 4 aromatic rings. The summed E-state index contributed by atoms with van der Waals surface area (Å²) in [5.74, 6) is -0.241. The zero-order valence-corrected chi connectivity index (χ0v) is 18.9. The maximum Gasteiger partial charge on any atom is 0.264 e. The predicted molar refractivity (Wildman–Crippen MR) is 124 cm³/mol. The van der Waals surface area contributed by atoms with Crippen LogP contribution in [0.15, 0.2) is 71.0 Å². The van der Waals surface area contributed by atoms with Crippen molar-refractivity contribution >= 4 is 50.4 Å². The van der Waals surface area contributed by atoms with Gasteiger partial charge >= 0.3 is 0 Å². The standard InChI is InChI=1S/C21H20N6O3S2/c1-13-4-9-17-18(12-13)26-21(25-17)31-14(2)19(28)24-15-5-7-16(8-6-15)32(29,30)27-20-22-10-3-11-23-20/h3-12,14H,1-2H3,(H,24,28)(H,25,26)(H,22,23,27). The molecule has 32 heavy (non-hydrogen) atoms. The van der Waals surface area contributed by atoms with Crippen LogP contribution in [0.1, 0.15) is 12.5 Å². The van der Waals surface area contributed by atoms with Crippen LogP contribution in [-0.4, -0.2) is 39.5 Å². The third-order valence-electron chi connectivity index (χ3n) is 4.50. The highest BCUT2D eigenvalue weighted by molar-refractivity contribution is 8.00. The van der Waals surface area contributed by atoms with Crippen LogP contribution in [0.5, 0.6) is 0 Å². The summed E-state index contributed by atoms with van der Waals surface area (Å²) < 4.78 is 27.2. The van der Waals surface area contributed by atoms with E-state index >= 15 is 0 Å². The third kappa shape index (κ3) is 5.06. The second-order valence-electron chi connectivity index (χ2n) is 7.01. The second kappa shape index (κ2) is 8.97. The number of thioether (sulfide) groups is 1. The number of sulfonamides is 1. The summed E-state index contributed by atoms with van der Waals surface area (Å²) in [4.78, 5) is 28.0. The van der Waals surface area contributed by atoms with Crippen molar-refractivity contribution in [2.24, 2.45) is 0 Å². The van der Waals surface area contributed by atoms with Crippen LogP contribution in [0.3, 0.4) is 0 Å². The number of carbonyl (C=O) groups excluding carboxylic acids is 1. The first kappa shape index (κ1) is 21.8. The Morgan fingerprint density at radius 3 is 2.53 bits per heavy atom. The van der Waals surface area contributed by atoms with E-state index in [1.54, 1.807) is 13.0 Å². The molecule has 9 nitrogen and oxygen atoms in total. The molecule has 1 atom stereocenters. The predicted octanol–water partition coefficient (Wildman–Crippen LogP) is 3.58. The van der Waals surface area contributed by atoms with Gasteiger partial charge in [-0.3, -0.25) is 4.79 Å². The highest BCUT2D eigenvalue weighted by Gasteiger charge is 2.18. The molecule has 0 saturated heterocycles. The zero-order chi connectivity index (χ0) is 22.7. The molecule has 0 fully saturated rings. The lowest BCUT2D eigenvalue weighted by atomic mass is 10.2. The molecular weight excluding hydrogens is 448 g/mol. The fourth-order valence-corrected chi connectivity index (χ4v) is 4.65. The largest absolute Gasteiger partial charge is 0.333 e. The summed E-state index contributed by atoms with van der Waals surface area (Å²) in [7, 11) is -3.84. The minimum atomic E-state index is -3.84. The molecule has 0 aliphatic carbocycles. The van der Waals surface area contributed by atoms with Gasteiger partial charge < -0.3 is 10.3 Å². The highest BCUT2D eigenvalue weighted by Crippen LogP contribution is 2.25. The topological polar surface area (TPSA) is 130 Å². The van der Waals surface area contributed by atoms with Gasteiger partial charge in [0.1, 0.15) is 0 Å². The number of amides is 1. The summed E-state index contributed by atoms with van der Waals surface area (Å²) in [5.41, 5.74) is 3.38. The molecular formula is C21H20N6O3S2. The summed E-state index contributed by atoms with van der Waals surface area (Å²) in [6.07, 6.45) is 2.88. The second-order valence-corrected chi connectivity index (χ2v) is 10.0. The Kier molecular flexibility index (Phi) is 6.10. The molecule has 1 amide bonds. The number of fused-ring (bicyclic) bond motifs is 1. The molecule has 0 spiro atoms. The van der Waals surface area contributed by atoms with Gasteiger partial charge in [0.15, 0.2) is 5.16 Å². The van der Waals surface area contributed by atoms with Gasteiger partial charge in [-0.15, -0.1) is 0 Å². The summed E-state index contributed by atoms with van der Waals surface area (Å²) in [6, 6.07) is 13.4. The van der Waals surface area contributed by atoms with Crippen LogP contribution in [-0.2, 0) is 14.8 Å². The van der Waals surface area contributed by atoms with Crippen molar-refractivity contribution in [1.29, 1.82) is 0 Å². The van der Waals surface area contributed by atoms with Crippen molar-refractivity contribution in [2.75, 3.05) is 10.0 Å². The van der Waals surface area contributed by atoms with Crippen LogP contribution in [0.25, 0.3) is 11.0 Å². The highest BCUT2D eigenvalue weighted by atomic mass is 32.2. The maximum atomic E-state index is 12.6. The lowest BCUT2D eigenvalue weighted by Gasteiger charge is -2.11. The summed E-state index contributed by atoms with van der Waals surface area (Å²) >= 11 is 1.31. The number of anilines is 2. The van der Waals surface area contributed by atoms with Gasteiger partial charge in [-0.25, -0.2) is 28.1 Å². The number of aryl methyl sites for hydroxylation is 1. The molecule has 11 heteroatoms. The monoisotopic (exact) mass is 468 g/mol. The lowest BCUT2D eigenvalue weighted by molar-refractivity contribution is -0.115. The molecule has 2 aromatic heterocycles. The maximum absolute atomic E-state index is 12.6. The van der Waals surface area contributed by atoms with Gasteiger partial charge in [0.05, 0.1) is 21.2 Å². The molecule has 4 rings (SSSR count). The van der Waals surface area contributed by atoms with Crippen molar-refractivity contribution < 1.29 is 13.2 Å². The minimum Gasteiger partial charge on any atom is -0.333 e. The van der Waals surface area contributed by atoms with Gasteiger partial charge in [0.25, 0.3) is 10.0 Å². The van der Waals surface area contributed by atoms with Gasteiger partial charge in [0, 0.05) is 18.1 Å². The molecule has 1 unspecified atom stereocenters. The smallest absolute Gasteiger partial charge is 0.264 e. The summed E-state index contributed by atoms with van der Waals surface area (Å²) in [6.45, 7) is 3.78. The van der Waals surface area contributed by atoms with E-state index in [-0.39, 0.29) is 16.8 Å². The lowest BCUT2D eigenvalue weighted by Crippen LogP contribution is -2.22. The van der Waals surface area contributed by atoms with Gasteiger partial charge in [0.2, 0.25) is 11.9 Å². The molecule has 2 heterocycles. The Morgan fingerprint density at radius 2 is 1.81 bits per heavy atom. The van der Waals surface area contributed by atoms with E-state index < -0.39 is 15.3 Å². The third-order valence-corrected chi connectivity index (χ3v) is 6.83. The van der Waals surface area contributed by atoms with E-state index in [0.29, 0.717) is 10.8 Å². The van der Waals surface area contributed by atoms with Crippen molar-refractivity contribution in [3.05, 3.63) is 66.5 Å². The summed E-state index contributed by atoms with van der Waals surface area (Å²) in [5, 5.41) is 3.03. The van der Waals surface area contributed by atoms with Crippen molar-refractivity contribution in [3.8, 4) is 0 Å². The molecule has 0 radical (unpaired) electrons. The van der Waals surface area contributed by atoms with Crippen LogP contribution in [0.2, 0.25) is 0 Å². The normalized spacial score (nSPS) is 12.4. The Labute approximate surface area is 189 Å². The molecule has 164 valence electrons. The number of imidazole rings is 1. The van der Waals surface area contributed by atoms with Gasteiger partial charge in [-0.2, -0.15) is 0 Å². The number of nitrogens with one attached hydrogen (secondary N) is 3. The molecule has 0 aliphatic heterocycles. The van der Waals surface area contributed by atoms with E-state index in [1.807, 2.05) is 25.1 Å². The SMILES string of the molecule is Cc1ccc2nc(SC(C)C(=O)Nc3ccc(S(=O)(=O)Nc4ncccn4)cc3)[nH]c2c1. The van der Waals surface area contributed by atoms with E-state index in [4.69, 9.17) is 0 Å². The Bertz CT molecular complexity index is 1360. The van der Waals surface area contributed by atoms with Crippen molar-refractivity contribution in [1.82, 2.24) is 19.9 Å². The van der Waals surface area contributed by atoms with E-state index in [0.717, 1.165) is 16.6 Å². The quantitative estimate of drug-likeness (QED) is 0.353. The first-order valence-corrected chi connectivity index (χ1v) is 12.0. The number of carbonyl (C=O) groups is 1. The van der Waals surface area contributed by atoms with Gasteiger partial charge in [-0.1, -0.05) is 17.8 Å². The number of H-pyrrole nitrogens is 1. The number of hydrogen-bond donors (Lipinski definition) is 3. The molecule has 0 bridgehead atoms. The van der Waals surface area contributed by atoms with Crippen LogP contribution >= 0.6 is 11.8 Å². The average molecular weight is 469 g/mol. The van der Waals surface area contributed by atoms with Crippen LogP contribution in [0.4, 0.5) is 11.6 Å². The Hall–Kier alpha value is -3.44. The number of hydrogen-bond acceptors (Lipinski definition) is 7. The van der Waals surface area contributed by atoms with E-state index in [1.165, 1.54) is 48.4 Å². The fraction of sp³-hybridized carbons (Fsp3) is 0.143. The van der Waals surface area contributed by atoms with E-state index in [2.05, 4.69) is 30.0 Å². The van der Waals surface area contributed by atoms with E-state index in [9.17, 15) is 13.2 Å². The first-order chi connectivity index (χ1) is 15.3. The number of aromatic nitrogens is 4. The van der Waals surface area contributed by atoms with Crippen molar-refractivity contribution in [3.63, 3.8) is 0 Å². The minimum absolute atomic E-state index is 0.0172. The number of benzene rings is 2. The number of aromatic amines is 1. The zero-order valence-electron chi connectivity index (χ0n) is 17.2. The van der Waals surface area contributed by atoms with Crippen LogP contribution in [0, 0.1) is 6.92 Å². The van der Waals surface area contributed by atoms with Crippen LogP contribution < -0.4 is 10.0 Å². The Balaban J connectivity index is 1.39. The number of nitrogens with zero attached hydrogens (tertiary/aromatic N) is 3. The average Bonchev–Trinajstić information content (AvgIpc) is 3.15. The number of rotatable bonds is 7. The first-order valence-electron chi connectivity index (χ1n) is 9.64. The fourth-order valence-electron chi connectivity index (χ4n) is 2.87. The van der Waals surface area contributed by atoms with Gasteiger partial charge in [-0.05, 0) is 61.9 Å². The molecule has 2 aromatic carbocycles.